The van der Waals surface area contributed by atoms with Gasteiger partial charge in [0.2, 0.25) is 0 Å². The minimum absolute atomic E-state index is 0.146. The maximum absolute atomic E-state index is 12.3. The zero-order valence-corrected chi connectivity index (χ0v) is 24.1. The summed E-state index contributed by atoms with van der Waals surface area (Å²) >= 11 is 0. The number of hydrogen-bond acceptors (Lipinski definition) is 7. The molecule has 1 aliphatic carbocycles. The molecular weight excluding hydrogens is 535 g/mol. The Morgan fingerprint density at radius 2 is 1.68 bits per heavy atom. The van der Waals surface area contributed by atoms with Gasteiger partial charge in [0.25, 0.3) is 5.91 Å². The predicted molar refractivity (Wildman–Crippen MR) is 155 cm³/mol. The maximum atomic E-state index is 12.3. The lowest BCUT2D eigenvalue weighted by molar-refractivity contribution is -0.156. The maximum Gasteiger partial charge on any atom is 0.422 e. The number of primary amides is 1. The van der Waals surface area contributed by atoms with Crippen LogP contribution in [0.4, 0.5) is 13.2 Å². The van der Waals surface area contributed by atoms with Gasteiger partial charge in [-0.25, -0.2) is 15.0 Å². The van der Waals surface area contributed by atoms with Gasteiger partial charge in [0.05, 0.1) is 12.4 Å². The van der Waals surface area contributed by atoms with Crippen LogP contribution in [-0.2, 0) is 9.53 Å². The molecule has 2 N–H and O–H groups in total. The molecule has 1 fully saturated rings. The van der Waals surface area contributed by atoms with E-state index in [1.165, 1.54) is 56.5 Å². The number of nitrogens with zero attached hydrogens (tertiary/aromatic N) is 4. The molecule has 0 bridgehead atoms. The lowest BCUT2D eigenvalue weighted by atomic mass is 9.87. The van der Waals surface area contributed by atoms with Crippen LogP contribution in [-0.4, -0.2) is 65.7 Å². The summed E-state index contributed by atoms with van der Waals surface area (Å²) in [6, 6.07) is 0. The molecule has 0 atom stereocenters. The molecule has 2 aliphatic heterocycles. The van der Waals surface area contributed by atoms with Crippen molar-refractivity contribution in [3.63, 3.8) is 0 Å². The van der Waals surface area contributed by atoms with Crippen LogP contribution in [0.25, 0.3) is 0 Å². The molecular formula is C30H44F3N5O3. The number of hydrogen-bond donors (Lipinski definition) is 1. The van der Waals surface area contributed by atoms with Gasteiger partial charge in [-0.1, -0.05) is 32.1 Å². The average molecular weight is 580 g/mol. The second-order valence-corrected chi connectivity index (χ2v) is 9.81. The Kier molecular flexibility index (Phi) is 17.1. The van der Waals surface area contributed by atoms with E-state index in [0.717, 1.165) is 50.5 Å². The molecule has 1 aromatic heterocycles. The fourth-order valence-corrected chi connectivity index (χ4v) is 4.80. The number of ether oxygens (including phenoxy) is 2. The molecule has 41 heavy (non-hydrogen) atoms. The van der Waals surface area contributed by atoms with Crippen LogP contribution in [0.1, 0.15) is 70.0 Å². The Morgan fingerprint density at radius 1 is 1.05 bits per heavy atom. The minimum Gasteiger partial charge on any atom is -0.481 e. The largest absolute Gasteiger partial charge is 0.481 e. The Labute approximate surface area is 242 Å². The van der Waals surface area contributed by atoms with Crippen molar-refractivity contribution in [1.82, 2.24) is 14.9 Å². The monoisotopic (exact) mass is 579 g/mol. The summed E-state index contributed by atoms with van der Waals surface area (Å²) < 4.78 is 46.7. The lowest BCUT2D eigenvalue weighted by Crippen LogP contribution is -2.28. The Hall–Kier alpha value is -3.39. The van der Waals surface area contributed by atoms with Gasteiger partial charge in [0, 0.05) is 31.6 Å². The number of carbonyl (C=O) groups is 1. The predicted octanol–water partition coefficient (Wildman–Crippen LogP) is 5.78. The third-order valence-corrected chi connectivity index (χ3v) is 6.82. The number of aromatic nitrogens is 2. The molecule has 3 aliphatic rings. The third kappa shape index (κ3) is 15.3. The van der Waals surface area contributed by atoms with Crippen LogP contribution in [0.15, 0.2) is 41.8 Å². The Bertz CT molecular complexity index is 987. The molecule has 1 saturated carbocycles. The molecule has 4 rings (SSSR count). The summed E-state index contributed by atoms with van der Waals surface area (Å²) in [7, 11) is 0. The zero-order valence-electron chi connectivity index (χ0n) is 24.1. The quantitative estimate of drug-likeness (QED) is 0.325. The molecule has 228 valence electrons. The molecule has 11 heteroatoms. The van der Waals surface area contributed by atoms with Crippen molar-refractivity contribution >= 4 is 11.8 Å². The van der Waals surface area contributed by atoms with Crippen molar-refractivity contribution < 1.29 is 27.4 Å². The van der Waals surface area contributed by atoms with E-state index in [1.54, 1.807) is 6.92 Å². The molecule has 0 radical (unpaired) electrons. The van der Waals surface area contributed by atoms with Crippen LogP contribution in [0, 0.1) is 25.7 Å². The van der Waals surface area contributed by atoms with Gasteiger partial charge in [-0.05, 0) is 44.2 Å². The van der Waals surface area contributed by atoms with Crippen LogP contribution < -0.4 is 10.5 Å². The van der Waals surface area contributed by atoms with Crippen LogP contribution in [0.3, 0.4) is 0 Å². The van der Waals surface area contributed by atoms with Crippen molar-refractivity contribution in [2.75, 3.05) is 32.8 Å². The van der Waals surface area contributed by atoms with E-state index in [4.69, 9.17) is 15.2 Å². The molecule has 0 spiro atoms. The number of halogens is 3. The summed E-state index contributed by atoms with van der Waals surface area (Å²) in [5, 5.41) is 0. The van der Waals surface area contributed by atoms with Crippen molar-refractivity contribution in [3.05, 3.63) is 42.6 Å². The number of aliphatic imine (C=N–C) groups is 1. The number of alkyl halides is 3. The molecule has 3 heterocycles. The lowest BCUT2D eigenvalue weighted by Gasteiger charge is -2.26. The number of aryl methyl sites for hydroxylation is 1. The molecule has 8 nitrogen and oxygen atoms in total. The first kappa shape index (κ1) is 35.6. The minimum atomic E-state index is -4.30. The second-order valence-electron chi connectivity index (χ2n) is 9.81. The van der Waals surface area contributed by atoms with Gasteiger partial charge in [0.15, 0.2) is 24.9 Å². The summed E-state index contributed by atoms with van der Waals surface area (Å²) in [5.41, 5.74) is 7.16. The van der Waals surface area contributed by atoms with E-state index >= 15 is 0 Å². The second kappa shape index (κ2) is 19.6. The highest BCUT2D eigenvalue weighted by Crippen LogP contribution is 2.30. The SMILES string of the molecule is C#C.C=C.Cc1ncc(OCC(N)=O)cn1.FC(F)(F)COC1=NC2=C(CC1)CCN(CCC1CCCCC1)CC2. The summed E-state index contributed by atoms with van der Waals surface area (Å²) in [6.45, 7) is 9.54. The summed E-state index contributed by atoms with van der Waals surface area (Å²) in [5.74, 6) is 1.73. The number of rotatable bonds is 7. The first-order chi connectivity index (χ1) is 19.7. The van der Waals surface area contributed by atoms with Crippen LogP contribution >= 0.6 is 0 Å². The van der Waals surface area contributed by atoms with Gasteiger partial charge in [-0.15, -0.1) is 26.0 Å². The van der Waals surface area contributed by atoms with E-state index in [1.807, 2.05) is 0 Å². The molecule has 0 saturated heterocycles. The summed E-state index contributed by atoms with van der Waals surface area (Å²) in [4.78, 5) is 24.9. The molecule has 0 unspecified atom stereocenters. The van der Waals surface area contributed by atoms with Crippen LogP contribution in [0.2, 0.25) is 0 Å². The number of carbonyl (C=O) groups excluding carboxylic acids is 1. The third-order valence-electron chi connectivity index (χ3n) is 6.82. The van der Waals surface area contributed by atoms with Crippen molar-refractivity contribution in [1.29, 1.82) is 0 Å². The number of terminal acetylenes is 1. The van der Waals surface area contributed by atoms with E-state index in [9.17, 15) is 18.0 Å². The zero-order chi connectivity index (χ0) is 30.7. The van der Waals surface area contributed by atoms with Gasteiger partial charge in [-0.3, -0.25) is 4.79 Å². The highest BCUT2D eigenvalue weighted by Gasteiger charge is 2.30. The van der Waals surface area contributed by atoms with E-state index in [0.29, 0.717) is 18.0 Å². The van der Waals surface area contributed by atoms with E-state index < -0.39 is 18.7 Å². The van der Waals surface area contributed by atoms with Crippen molar-refractivity contribution in [2.45, 2.75) is 77.3 Å². The van der Waals surface area contributed by atoms with Crippen molar-refractivity contribution in [2.24, 2.45) is 16.6 Å². The van der Waals surface area contributed by atoms with E-state index in [2.05, 4.69) is 45.9 Å². The van der Waals surface area contributed by atoms with Gasteiger partial charge in [0.1, 0.15) is 5.82 Å². The summed E-state index contributed by atoms with van der Waals surface area (Å²) in [6.07, 6.45) is 18.0. The fraction of sp³-hybridized carbons (Fsp3) is 0.600. The Morgan fingerprint density at radius 3 is 2.29 bits per heavy atom. The first-order valence-corrected chi connectivity index (χ1v) is 13.9. The first-order valence-electron chi connectivity index (χ1n) is 13.9. The standard InChI is InChI=1S/C19H29F3N2O.C7H9N3O2.C2H4.C2H2/c20-19(21,22)14-25-18-7-6-16-9-12-24(13-10-17(16)23-18)11-8-15-4-2-1-3-5-15;1-5-9-2-6(3-10-5)12-4-7(8)11;2*1-2/h15H,1-14H2;2-3H,4H2,1H3,(H2,8,11);1-2H2;1-2H. The topological polar surface area (TPSA) is 103 Å². The molecule has 0 aromatic carbocycles. The van der Waals surface area contributed by atoms with Gasteiger partial charge < -0.3 is 20.1 Å². The highest BCUT2D eigenvalue weighted by atomic mass is 19.4. The Balaban J connectivity index is 0.000000441. The van der Waals surface area contributed by atoms with Gasteiger partial charge in [-0.2, -0.15) is 13.2 Å². The van der Waals surface area contributed by atoms with E-state index in [-0.39, 0.29) is 12.5 Å². The van der Waals surface area contributed by atoms with Crippen molar-refractivity contribution in [3.8, 4) is 18.6 Å². The average Bonchev–Trinajstić information content (AvgIpc) is 3.19. The highest BCUT2D eigenvalue weighted by molar-refractivity contribution is 5.78. The fourth-order valence-electron chi connectivity index (χ4n) is 4.80. The number of amides is 1. The normalized spacial score (nSPS) is 17.5. The molecule has 1 amide bonds. The van der Waals surface area contributed by atoms with Gasteiger partial charge >= 0.3 is 6.18 Å². The number of nitrogens with two attached hydrogens (primary N) is 1. The van der Waals surface area contributed by atoms with Crippen LogP contribution in [0.5, 0.6) is 5.75 Å². The molecule has 1 aromatic rings. The smallest absolute Gasteiger partial charge is 0.422 e.